The molecule has 1 unspecified atom stereocenters. The van der Waals surface area contributed by atoms with Crippen LogP contribution in [0, 0.1) is 0 Å². The highest BCUT2D eigenvalue weighted by Gasteiger charge is 2.25. The van der Waals surface area contributed by atoms with Crippen LogP contribution in [0.3, 0.4) is 0 Å². The molecule has 1 fully saturated rings. The predicted octanol–water partition coefficient (Wildman–Crippen LogP) is -0.564. The van der Waals surface area contributed by atoms with E-state index in [1.54, 1.807) is 25.3 Å². The summed E-state index contributed by atoms with van der Waals surface area (Å²) >= 11 is 0. The third-order valence-corrected chi connectivity index (χ3v) is 3.55. The number of hydrogen-bond acceptors (Lipinski definition) is 4. The molecule has 1 aromatic rings. The second-order valence-corrected chi connectivity index (χ2v) is 5.77. The van der Waals surface area contributed by atoms with Crippen molar-refractivity contribution in [3.63, 3.8) is 0 Å². The van der Waals surface area contributed by atoms with Gasteiger partial charge in [0.25, 0.3) is 11.8 Å². The lowest BCUT2D eigenvalue weighted by Gasteiger charge is -2.15. The highest BCUT2D eigenvalue weighted by Crippen LogP contribution is 2.28. The average molecular weight is 322 g/mol. The number of amides is 2. The summed E-state index contributed by atoms with van der Waals surface area (Å²) in [5, 5.41) is 5.71. The molecule has 3 N–H and O–H groups in total. The first-order valence-electron chi connectivity index (χ1n) is 7.64. The molecule has 7 nitrogen and oxygen atoms in total. The Bertz CT molecular complexity index is 572. The molecule has 7 heteroatoms. The van der Waals surface area contributed by atoms with E-state index >= 15 is 0 Å². The highest BCUT2D eigenvalue weighted by atomic mass is 16.5. The topological polar surface area (TPSA) is 81.1 Å². The molecule has 0 bridgehead atoms. The lowest BCUT2D eigenvalue weighted by atomic mass is 10.2. The van der Waals surface area contributed by atoms with Gasteiger partial charge in [-0.25, -0.2) is 0 Å². The molecular formula is C16H24N3O4+. The quantitative estimate of drug-likeness (QED) is 0.599. The number of carbonyl (C=O) groups is 2. The molecule has 0 aliphatic heterocycles. The number of rotatable bonds is 8. The average Bonchev–Trinajstić information content (AvgIpc) is 3.30. The molecule has 1 aromatic carbocycles. The van der Waals surface area contributed by atoms with E-state index in [0.717, 1.165) is 17.7 Å². The molecule has 1 aliphatic rings. The Morgan fingerprint density at radius 2 is 1.87 bits per heavy atom. The smallest absolute Gasteiger partial charge is 0.279 e. The van der Waals surface area contributed by atoms with Crippen molar-refractivity contribution in [1.29, 1.82) is 0 Å². The summed E-state index contributed by atoms with van der Waals surface area (Å²) in [5.74, 6) is 0.985. The number of methoxy groups -OCH3 is 2. The summed E-state index contributed by atoms with van der Waals surface area (Å²) in [5.41, 5.74) is 0.548. The van der Waals surface area contributed by atoms with Crippen molar-refractivity contribution in [3.05, 3.63) is 18.2 Å². The van der Waals surface area contributed by atoms with E-state index in [2.05, 4.69) is 10.6 Å². The van der Waals surface area contributed by atoms with Gasteiger partial charge in [0, 0.05) is 12.1 Å². The molecule has 2 rings (SSSR count). The van der Waals surface area contributed by atoms with E-state index in [9.17, 15) is 9.59 Å². The largest absolute Gasteiger partial charge is 0.497 e. The van der Waals surface area contributed by atoms with Crippen LogP contribution in [0.5, 0.6) is 11.5 Å². The fourth-order valence-corrected chi connectivity index (χ4v) is 2.22. The standard InChI is InChI=1S/C16H23N3O4/c1-19(9-15(20)17-11-4-5-11)10-16(21)18-13-8-12(22-2)6-7-14(13)23-3/h6-8,11H,4-5,9-10H2,1-3H3,(H,17,20)(H,18,21)/p+1. The van der Waals surface area contributed by atoms with Crippen LogP contribution < -0.4 is 25.0 Å². The van der Waals surface area contributed by atoms with Gasteiger partial charge in [0.15, 0.2) is 13.1 Å². The number of quaternary nitrogens is 1. The van der Waals surface area contributed by atoms with Crippen molar-refractivity contribution in [2.45, 2.75) is 18.9 Å². The monoisotopic (exact) mass is 322 g/mol. The molecule has 1 atom stereocenters. The van der Waals surface area contributed by atoms with E-state index < -0.39 is 0 Å². The summed E-state index contributed by atoms with van der Waals surface area (Å²) in [7, 11) is 4.91. The van der Waals surface area contributed by atoms with Gasteiger partial charge in [0.2, 0.25) is 0 Å². The summed E-state index contributed by atoms with van der Waals surface area (Å²) in [6, 6.07) is 5.53. The van der Waals surface area contributed by atoms with Crippen molar-refractivity contribution in [2.24, 2.45) is 0 Å². The third kappa shape index (κ3) is 5.45. The Labute approximate surface area is 135 Å². The van der Waals surface area contributed by atoms with Crippen molar-refractivity contribution in [1.82, 2.24) is 5.32 Å². The van der Waals surface area contributed by atoms with Gasteiger partial charge in [0.1, 0.15) is 11.5 Å². The van der Waals surface area contributed by atoms with E-state index in [1.807, 2.05) is 7.05 Å². The zero-order valence-electron chi connectivity index (χ0n) is 13.8. The Kier molecular flexibility index (Phi) is 5.81. The normalized spacial score (nSPS) is 14.7. The van der Waals surface area contributed by atoms with Crippen LogP contribution in [0.15, 0.2) is 18.2 Å². The molecule has 23 heavy (non-hydrogen) atoms. The third-order valence-electron chi connectivity index (χ3n) is 3.55. The van der Waals surface area contributed by atoms with Crippen LogP contribution in [0.25, 0.3) is 0 Å². The number of likely N-dealkylation sites (N-methyl/N-ethyl adjacent to an activating group) is 1. The highest BCUT2D eigenvalue weighted by molar-refractivity contribution is 5.93. The predicted molar refractivity (Wildman–Crippen MR) is 86.0 cm³/mol. The maximum atomic E-state index is 12.1. The molecule has 2 amide bonds. The van der Waals surface area contributed by atoms with Crippen LogP contribution in [0.1, 0.15) is 12.8 Å². The number of benzene rings is 1. The summed E-state index contributed by atoms with van der Waals surface area (Å²) in [6.07, 6.45) is 2.11. The Hall–Kier alpha value is -2.28. The summed E-state index contributed by atoms with van der Waals surface area (Å²) in [4.78, 5) is 24.7. The van der Waals surface area contributed by atoms with E-state index in [4.69, 9.17) is 9.47 Å². The van der Waals surface area contributed by atoms with Gasteiger partial charge in [-0.2, -0.15) is 0 Å². The Balaban J connectivity index is 1.86. The van der Waals surface area contributed by atoms with E-state index in [1.165, 1.54) is 7.11 Å². The summed E-state index contributed by atoms with van der Waals surface area (Å²) < 4.78 is 10.4. The zero-order valence-corrected chi connectivity index (χ0v) is 13.8. The lowest BCUT2D eigenvalue weighted by molar-refractivity contribution is -0.862. The maximum absolute atomic E-state index is 12.1. The minimum Gasteiger partial charge on any atom is -0.497 e. The molecule has 0 spiro atoms. The number of hydrogen-bond donors (Lipinski definition) is 3. The zero-order chi connectivity index (χ0) is 16.8. The van der Waals surface area contributed by atoms with Gasteiger partial charge in [-0.3, -0.25) is 9.59 Å². The lowest BCUT2D eigenvalue weighted by Crippen LogP contribution is -3.11. The molecule has 1 saturated carbocycles. The molecular weight excluding hydrogens is 298 g/mol. The molecule has 0 radical (unpaired) electrons. The van der Waals surface area contributed by atoms with Crippen LogP contribution in [-0.4, -0.2) is 52.2 Å². The number of ether oxygens (including phenoxy) is 2. The first-order chi connectivity index (χ1) is 11.0. The van der Waals surface area contributed by atoms with Crippen LogP contribution in [0.2, 0.25) is 0 Å². The van der Waals surface area contributed by atoms with Crippen molar-refractivity contribution >= 4 is 17.5 Å². The maximum Gasteiger partial charge on any atom is 0.279 e. The summed E-state index contributed by atoms with van der Waals surface area (Å²) in [6.45, 7) is 0.470. The molecule has 0 aromatic heterocycles. The fourth-order valence-electron chi connectivity index (χ4n) is 2.22. The Morgan fingerprint density at radius 1 is 1.17 bits per heavy atom. The minimum absolute atomic E-state index is 0.0169. The molecule has 1 aliphatic carbocycles. The molecule has 0 heterocycles. The van der Waals surface area contributed by atoms with Gasteiger partial charge in [0.05, 0.1) is 27.0 Å². The minimum atomic E-state index is -0.187. The van der Waals surface area contributed by atoms with E-state index in [-0.39, 0.29) is 24.9 Å². The van der Waals surface area contributed by atoms with Gasteiger partial charge >= 0.3 is 0 Å². The number of anilines is 1. The molecule has 0 saturated heterocycles. The van der Waals surface area contributed by atoms with Crippen molar-refractivity contribution in [2.75, 3.05) is 39.7 Å². The first-order valence-corrected chi connectivity index (χ1v) is 7.64. The number of nitrogens with one attached hydrogen (secondary N) is 3. The number of carbonyl (C=O) groups excluding carboxylic acids is 2. The van der Waals surface area contributed by atoms with Crippen LogP contribution in [0.4, 0.5) is 5.69 Å². The van der Waals surface area contributed by atoms with Gasteiger partial charge in [-0.15, -0.1) is 0 Å². The van der Waals surface area contributed by atoms with Gasteiger partial charge in [-0.05, 0) is 25.0 Å². The van der Waals surface area contributed by atoms with Crippen LogP contribution >= 0.6 is 0 Å². The van der Waals surface area contributed by atoms with Crippen molar-refractivity contribution in [3.8, 4) is 11.5 Å². The van der Waals surface area contributed by atoms with Crippen LogP contribution in [-0.2, 0) is 9.59 Å². The Morgan fingerprint density at radius 3 is 2.48 bits per heavy atom. The fraction of sp³-hybridized carbons (Fsp3) is 0.500. The second kappa shape index (κ2) is 7.82. The van der Waals surface area contributed by atoms with Crippen molar-refractivity contribution < 1.29 is 24.0 Å². The SMILES string of the molecule is COc1ccc(OC)c(NC(=O)C[NH+](C)CC(=O)NC2CC2)c1. The second-order valence-electron chi connectivity index (χ2n) is 5.77. The van der Waals surface area contributed by atoms with E-state index in [0.29, 0.717) is 23.2 Å². The molecule has 126 valence electrons. The first kappa shape index (κ1) is 17.1. The van der Waals surface area contributed by atoms with Gasteiger partial charge in [-0.1, -0.05) is 0 Å². The van der Waals surface area contributed by atoms with Gasteiger partial charge < -0.3 is 25.0 Å².